The van der Waals surface area contributed by atoms with Crippen molar-refractivity contribution in [3.8, 4) is 101 Å². The van der Waals surface area contributed by atoms with Gasteiger partial charge in [-0.2, -0.15) is 0 Å². The molecule has 0 unspecified atom stereocenters. The summed E-state index contributed by atoms with van der Waals surface area (Å²) in [5.74, 6) is 1.44. The molecule has 141 heavy (non-hydrogen) atoms. The van der Waals surface area contributed by atoms with Gasteiger partial charge < -0.3 is 32.5 Å². The summed E-state index contributed by atoms with van der Waals surface area (Å²) in [7, 11) is 0. The standard InChI is InChI=1S/C133H89BN6O/c1-132(2,3)88-76-101(82-39-14-8-15-40-82)129(102(77-88)83-41-16-9-17-42-83)140-120-79-90(136-116-59-30-23-48-100(116)126-92(50-34-61-118(126)136)81-37-12-7-13-38-81)65-67-110(120)134-109-66-64-89(135-115-58-29-22-47-99(115)125-91(49-33-60-117(125)135)80-35-10-6-11-36-80)78-119(109)139(121-74-85(75-122(140)127(121)134)84-63-68-124-108(73-84)133(4,5)107-53-24-31-62-123(107)141-124)128-93(86-69-103-95-43-18-25-54-111(95)137-112-55-26-19-44-96(112)104(70-86)130(103)137)51-32-52-94(128)87-71-105-97-45-20-27-56-113(97)138-114-57-28-21-46-98(114)106(72-87)131(105)138/h6-79H,1-5H3/i22D,23D,29D,30D,33D,34D,47D,48D,49D,50D,58D,59D,60D,61D. The molecule has 0 spiro atoms. The lowest BCUT2D eigenvalue weighted by Crippen LogP contribution is -2.61. The van der Waals surface area contributed by atoms with Crippen LogP contribution in [0.4, 0.5) is 34.1 Å². The Morgan fingerprint density at radius 3 is 1.11 bits per heavy atom. The molecule has 0 atom stereocenters. The zero-order valence-electron chi connectivity index (χ0n) is 91.3. The SMILES string of the molecule is [2H]c1c([2H])c([2H])c2c(c1[2H])c1c(-c3ccccc3)c([2H])c([2H])c([2H])c1n2-c1ccc2c(c1)N(c1c(-c3cc4c5ccccc5n5c6ccccc6c(c3)c45)cccc1-c1cc3c4ccccc4n4c5ccccc5c(c1)c34)c1cc(-c3ccc4c(c3)C(C)(C)c3ccccc3O4)cc3c1B2c1ccc(-n2c4c([2H])c([2H])c([2H])c([2H])c4c4c(-c5ccccc5)c([2H])c([2H])c([2H])c42)cc1N3c1c(-c2ccccc2)cc(C(C)(C)C)cc1-c1ccccc1. The second-order valence-electron chi connectivity index (χ2n) is 39.4. The van der Waals surface area contributed by atoms with Gasteiger partial charge in [0, 0.05) is 138 Å². The highest BCUT2D eigenvalue weighted by atomic mass is 16.5. The first-order valence-corrected chi connectivity index (χ1v) is 48.2. The number of benzene rings is 21. The Morgan fingerprint density at radius 1 is 0.270 bits per heavy atom. The molecule has 0 radical (unpaired) electrons. The van der Waals surface area contributed by atoms with E-state index in [0.29, 0.717) is 51.0 Å². The fraction of sp³-hybridized carbons (Fsp3) is 0.0526. The van der Waals surface area contributed by atoms with E-state index in [0.717, 1.165) is 182 Å². The summed E-state index contributed by atoms with van der Waals surface area (Å²) in [4.78, 5) is 4.89. The van der Waals surface area contributed by atoms with Gasteiger partial charge in [-0.05, 0) is 222 Å². The molecule has 3 aliphatic rings. The molecule has 30 rings (SSSR count). The van der Waals surface area contributed by atoms with E-state index in [1.807, 2.05) is 97.1 Å². The topological polar surface area (TPSA) is 34.4 Å². The number of nitrogens with zero attached hydrogens (tertiary/aromatic N) is 6. The molecule has 0 N–H and O–H groups in total. The van der Waals surface area contributed by atoms with E-state index in [1.165, 1.54) is 0 Å². The zero-order valence-corrected chi connectivity index (χ0v) is 77.3. The minimum absolute atomic E-state index is 0.0267. The molecule has 0 bridgehead atoms. The Labute approximate surface area is 835 Å². The van der Waals surface area contributed by atoms with Crippen molar-refractivity contribution >= 4 is 177 Å². The van der Waals surface area contributed by atoms with E-state index in [2.05, 4.69) is 320 Å². The van der Waals surface area contributed by atoms with Crippen LogP contribution in [-0.4, -0.2) is 24.6 Å². The quantitative estimate of drug-likeness (QED) is 0.121. The van der Waals surface area contributed by atoms with Crippen LogP contribution in [0, 0.1) is 0 Å². The molecule has 660 valence electrons. The number of ether oxygens (including phenoxy) is 1. The first kappa shape index (κ1) is 66.7. The molecule has 0 fully saturated rings. The summed E-state index contributed by atoms with van der Waals surface area (Å²) < 4.78 is 157. The molecular formula is C133H89BN6O. The van der Waals surface area contributed by atoms with E-state index >= 15 is 0 Å². The maximum Gasteiger partial charge on any atom is 0.252 e. The van der Waals surface area contributed by atoms with Crippen LogP contribution >= 0.6 is 0 Å². The fourth-order valence-electron chi connectivity index (χ4n) is 24.3. The minimum Gasteiger partial charge on any atom is -0.457 e. The van der Waals surface area contributed by atoms with Crippen molar-refractivity contribution < 1.29 is 23.9 Å². The van der Waals surface area contributed by atoms with Crippen LogP contribution in [0.2, 0.25) is 0 Å². The van der Waals surface area contributed by atoms with Gasteiger partial charge in [0.2, 0.25) is 0 Å². The smallest absolute Gasteiger partial charge is 0.252 e. The third kappa shape index (κ3) is 11.4. The number of aromatic nitrogens is 4. The van der Waals surface area contributed by atoms with E-state index < -0.39 is 65.9 Å². The van der Waals surface area contributed by atoms with Crippen molar-refractivity contribution in [1.29, 1.82) is 0 Å². The second-order valence-corrected chi connectivity index (χ2v) is 39.4. The van der Waals surface area contributed by atoms with Gasteiger partial charge in [0.15, 0.2) is 0 Å². The lowest BCUT2D eigenvalue weighted by atomic mass is 9.33. The first-order chi connectivity index (χ1) is 75.2. The van der Waals surface area contributed by atoms with Gasteiger partial charge in [-0.3, -0.25) is 0 Å². The molecule has 7 nitrogen and oxygen atoms in total. The van der Waals surface area contributed by atoms with Crippen molar-refractivity contribution in [1.82, 2.24) is 17.9 Å². The van der Waals surface area contributed by atoms with Crippen molar-refractivity contribution in [2.24, 2.45) is 0 Å². The van der Waals surface area contributed by atoms with Gasteiger partial charge in [-0.25, -0.2) is 0 Å². The van der Waals surface area contributed by atoms with Gasteiger partial charge >= 0.3 is 0 Å². The Morgan fingerprint density at radius 2 is 0.660 bits per heavy atom. The van der Waals surface area contributed by atoms with Crippen LogP contribution in [0.5, 0.6) is 11.5 Å². The normalized spacial score (nSPS) is 14.7. The third-order valence-corrected chi connectivity index (χ3v) is 30.5. The van der Waals surface area contributed by atoms with E-state index in [9.17, 15) is 19.2 Å². The number of rotatable bonds is 11. The predicted molar refractivity (Wildman–Crippen MR) is 594 cm³/mol. The van der Waals surface area contributed by atoms with Crippen molar-refractivity contribution in [2.45, 2.75) is 45.4 Å². The summed E-state index contributed by atoms with van der Waals surface area (Å²) in [6.07, 6.45) is 0. The van der Waals surface area contributed by atoms with E-state index in [1.54, 1.807) is 9.13 Å². The summed E-state index contributed by atoms with van der Waals surface area (Å²) in [6.45, 7) is 10.3. The van der Waals surface area contributed by atoms with Crippen LogP contribution in [0.15, 0.2) is 449 Å². The summed E-state index contributed by atoms with van der Waals surface area (Å²) in [6, 6.07) is 121. The minimum atomic E-state index is -0.874. The maximum atomic E-state index is 10.6. The number of anilines is 6. The fourth-order valence-corrected chi connectivity index (χ4v) is 24.3. The van der Waals surface area contributed by atoms with Crippen LogP contribution in [-0.2, 0) is 10.8 Å². The molecule has 21 aromatic carbocycles. The predicted octanol–water partition coefficient (Wildman–Crippen LogP) is 33.7. The molecule has 9 heterocycles. The molecule has 0 amide bonds. The molecular weight excluding hydrogens is 1710 g/mol. The monoisotopic (exact) mass is 1810 g/mol. The molecule has 8 heteroatoms. The Hall–Kier alpha value is -17.7. The van der Waals surface area contributed by atoms with Gasteiger partial charge in [0.25, 0.3) is 6.71 Å². The lowest BCUT2D eigenvalue weighted by Gasteiger charge is -2.46. The molecule has 0 saturated heterocycles. The van der Waals surface area contributed by atoms with E-state index in [4.69, 9.17) is 4.74 Å². The van der Waals surface area contributed by atoms with Crippen molar-refractivity contribution in [3.63, 3.8) is 0 Å². The van der Waals surface area contributed by atoms with Crippen LogP contribution in [0.1, 0.15) is 70.5 Å². The van der Waals surface area contributed by atoms with Gasteiger partial charge in [-0.1, -0.05) is 344 Å². The summed E-state index contributed by atoms with van der Waals surface area (Å²) in [5.41, 5.74) is 25.6. The van der Waals surface area contributed by atoms with Crippen LogP contribution < -0.4 is 30.9 Å². The number of para-hydroxylation sites is 8. The highest BCUT2D eigenvalue weighted by molar-refractivity contribution is 7.00. The van der Waals surface area contributed by atoms with Crippen LogP contribution in [0.25, 0.3) is 209 Å². The average Bonchev–Trinajstić information content (AvgIpc) is 1.69. The van der Waals surface area contributed by atoms with Gasteiger partial charge in [0.1, 0.15) is 11.5 Å². The summed E-state index contributed by atoms with van der Waals surface area (Å²) in [5, 5.41) is 8.95. The largest absolute Gasteiger partial charge is 0.457 e. The molecule has 6 aromatic heterocycles. The molecule has 27 aromatic rings. The Balaban J connectivity index is 0.823. The molecule has 0 saturated carbocycles. The highest BCUT2D eigenvalue weighted by Gasteiger charge is 2.47. The molecule has 0 aliphatic carbocycles. The zero-order chi connectivity index (χ0) is 105. The Bertz CT molecular complexity index is 10500. The maximum absolute atomic E-state index is 10.6. The number of hydrogen-bond acceptors (Lipinski definition) is 3. The lowest BCUT2D eigenvalue weighted by molar-refractivity contribution is 0.418. The van der Waals surface area contributed by atoms with Crippen molar-refractivity contribution in [2.75, 3.05) is 9.80 Å². The summed E-state index contributed by atoms with van der Waals surface area (Å²) >= 11 is 0. The Kier molecular flexibility index (Phi) is 14.0. The molecule has 3 aliphatic heterocycles. The van der Waals surface area contributed by atoms with Gasteiger partial charge in [0.05, 0.1) is 85.7 Å². The number of fused-ring (bicyclic) bond motifs is 24. The number of hydrogen-bond donors (Lipinski definition) is 0. The van der Waals surface area contributed by atoms with Crippen molar-refractivity contribution in [3.05, 3.63) is 465 Å². The van der Waals surface area contributed by atoms with E-state index in [-0.39, 0.29) is 91.0 Å². The average molecular weight is 1810 g/mol. The third-order valence-electron chi connectivity index (χ3n) is 30.5. The first-order valence-electron chi connectivity index (χ1n) is 55.2. The van der Waals surface area contributed by atoms with Gasteiger partial charge in [-0.15, -0.1) is 0 Å². The highest BCUT2D eigenvalue weighted by Crippen LogP contribution is 2.59. The second kappa shape index (κ2) is 29.7. The van der Waals surface area contributed by atoms with Crippen LogP contribution in [0.3, 0.4) is 0 Å².